The van der Waals surface area contributed by atoms with E-state index in [0.29, 0.717) is 41.3 Å². The predicted octanol–water partition coefficient (Wildman–Crippen LogP) is 6.66. The van der Waals surface area contributed by atoms with Crippen molar-refractivity contribution in [3.63, 3.8) is 0 Å². The molecule has 0 saturated carbocycles. The molecular weight excluding hydrogens is 606 g/mol. The van der Waals surface area contributed by atoms with Crippen molar-refractivity contribution in [1.29, 1.82) is 0 Å². The summed E-state index contributed by atoms with van der Waals surface area (Å²) >= 11 is 3.50. The Morgan fingerprint density at radius 2 is 1.92 bits per heavy atom. The first kappa shape index (κ1) is 27.2. The number of methoxy groups -OCH3 is 1. The first-order chi connectivity index (χ1) is 18.0. The van der Waals surface area contributed by atoms with Crippen LogP contribution in [0.1, 0.15) is 18.1 Å². The van der Waals surface area contributed by atoms with Gasteiger partial charge in [0.05, 0.1) is 34.4 Å². The van der Waals surface area contributed by atoms with Gasteiger partial charge in [0.2, 0.25) is 0 Å². The normalized spacial score (nSPS) is 15.6. The van der Waals surface area contributed by atoms with Crippen LogP contribution in [0.5, 0.6) is 11.5 Å². The van der Waals surface area contributed by atoms with Crippen LogP contribution in [0.4, 0.5) is 10.1 Å². The molecule has 1 heterocycles. The lowest BCUT2D eigenvalue weighted by atomic mass is 10.1. The maximum Gasteiger partial charge on any atom is 0.266 e. The third-order valence-corrected chi connectivity index (χ3v) is 7.16. The molecule has 3 aromatic rings. The van der Waals surface area contributed by atoms with Crippen molar-refractivity contribution < 1.29 is 23.4 Å². The number of para-hydroxylation sites is 1. The number of hydrogen-bond acceptors (Lipinski definition) is 6. The molecule has 0 N–H and O–H groups in total. The van der Waals surface area contributed by atoms with E-state index in [1.54, 1.807) is 24.1 Å². The number of carbonyl (C=O) groups excluding carboxylic acids is 1. The summed E-state index contributed by atoms with van der Waals surface area (Å²) < 4.78 is 31.4. The number of carbonyl (C=O) groups is 1. The van der Waals surface area contributed by atoms with E-state index in [2.05, 4.69) is 22.6 Å². The van der Waals surface area contributed by atoms with Gasteiger partial charge in [-0.15, -0.1) is 0 Å². The summed E-state index contributed by atoms with van der Waals surface area (Å²) in [4.78, 5) is 20.2. The Hall–Kier alpha value is -2.89. The highest BCUT2D eigenvalue weighted by Gasteiger charge is 2.33. The van der Waals surface area contributed by atoms with Gasteiger partial charge in [-0.1, -0.05) is 30.3 Å². The second kappa shape index (κ2) is 13.1. The largest absolute Gasteiger partial charge is 0.493 e. The Morgan fingerprint density at radius 3 is 2.65 bits per heavy atom. The highest BCUT2D eigenvalue weighted by atomic mass is 127. The average Bonchev–Trinajstić information content (AvgIpc) is 3.17. The first-order valence-electron chi connectivity index (χ1n) is 11.7. The van der Waals surface area contributed by atoms with E-state index in [4.69, 9.17) is 19.2 Å². The van der Waals surface area contributed by atoms with Crippen molar-refractivity contribution in [2.24, 2.45) is 4.99 Å². The first-order valence-corrected chi connectivity index (χ1v) is 13.6. The molecule has 1 fully saturated rings. The van der Waals surface area contributed by atoms with Gasteiger partial charge in [0.25, 0.3) is 5.91 Å². The van der Waals surface area contributed by atoms with Crippen molar-refractivity contribution in [1.82, 2.24) is 4.90 Å². The van der Waals surface area contributed by atoms with E-state index in [1.165, 1.54) is 23.9 Å². The fourth-order valence-corrected chi connectivity index (χ4v) is 5.40. The molecule has 6 nitrogen and oxygen atoms in total. The zero-order chi connectivity index (χ0) is 26.2. The number of amides is 1. The lowest BCUT2D eigenvalue weighted by molar-refractivity contribution is -0.122. The molecule has 1 aliphatic heterocycles. The highest BCUT2D eigenvalue weighted by molar-refractivity contribution is 14.1. The number of nitrogens with zero attached hydrogens (tertiary/aromatic N) is 2. The number of ether oxygens (including phenoxy) is 3. The molecule has 3 aromatic carbocycles. The predicted molar refractivity (Wildman–Crippen MR) is 154 cm³/mol. The molecule has 0 aromatic heterocycles. The van der Waals surface area contributed by atoms with Crippen LogP contribution >= 0.6 is 34.4 Å². The summed E-state index contributed by atoms with van der Waals surface area (Å²) in [5, 5.41) is 0.610. The van der Waals surface area contributed by atoms with Gasteiger partial charge in [-0.25, -0.2) is 9.38 Å². The van der Waals surface area contributed by atoms with Crippen molar-refractivity contribution >= 4 is 57.2 Å². The molecule has 0 atom stereocenters. The van der Waals surface area contributed by atoms with Crippen molar-refractivity contribution in [2.45, 2.75) is 13.5 Å². The molecule has 0 spiro atoms. The Balaban J connectivity index is 1.59. The molecule has 0 bridgehead atoms. The Labute approximate surface area is 233 Å². The minimum absolute atomic E-state index is 0.125. The number of hydrogen-bond donors (Lipinski definition) is 0. The number of benzene rings is 3. The maximum atomic E-state index is 13.5. The molecule has 192 valence electrons. The van der Waals surface area contributed by atoms with Gasteiger partial charge in [0.1, 0.15) is 12.4 Å². The van der Waals surface area contributed by atoms with Crippen molar-refractivity contribution in [3.05, 3.63) is 92.1 Å². The van der Waals surface area contributed by atoms with Gasteiger partial charge in [0, 0.05) is 6.61 Å². The third-order valence-electron chi connectivity index (χ3n) is 5.35. The SMILES string of the molecule is CCOCCN1C(=O)/C(=C/c2cc(I)c(OCc3cccc(F)c3)c(OC)c2)SC1=Nc1ccccc1. The molecule has 4 rings (SSSR count). The molecule has 1 amide bonds. The molecule has 37 heavy (non-hydrogen) atoms. The van der Waals surface area contributed by atoms with E-state index < -0.39 is 0 Å². The zero-order valence-corrected chi connectivity index (χ0v) is 23.4. The van der Waals surface area contributed by atoms with Crippen molar-refractivity contribution in [2.75, 3.05) is 26.9 Å². The van der Waals surface area contributed by atoms with Gasteiger partial charge in [0.15, 0.2) is 16.7 Å². The summed E-state index contributed by atoms with van der Waals surface area (Å²) in [7, 11) is 1.56. The lowest BCUT2D eigenvalue weighted by Crippen LogP contribution is -2.32. The van der Waals surface area contributed by atoms with Crippen LogP contribution in [0.3, 0.4) is 0 Å². The van der Waals surface area contributed by atoms with Crippen LogP contribution in [0.25, 0.3) is 6.08 Å². The van der Waals surface area contributed by atoms with Gasteiger partial charge >= 0.3 is 0 Å². The molecule has 0 unspecified atom stereocenters. The zero-order valence-electron chi connectivity index (χ0n) is 20.4. The topological polar surface area (TPSA) is 60.4 Å². The van der Waals surface area contributed by atoms with E-state index in [0.717, 1.165) is 20.4 Å². The minimum Gasteiger partial charge on any atom is -0.493 e. The molecular formula is C28H26FIN2O4S. The number of amidine groups is 1. The molecule has 1 saturated heterocycles. The summed E-state index contributed by atoms with van der Waals surface area (Å²) in [5.41, 5.74) is 2.28. The van der Waals surface area contributed by atoms with E-state index in [9.17, 15) is 9.18 Å². The molecule has 9 heteroatoms. The molecule has 0 aliphatic carbocycles. The number of rotatable bonds is 10. The van der Waals surface area contributed by atoms with Crippen LogP contribution < -0.4 is 9.47 Å². The number of aliphatic imine (C=N–C) groups is 1. The Bertz CT molecular complexity index is 1320. The lowest BCUT2D eigenvalue weighted by Gasteiger charge is -2.15. The van der Waals surface area contributed by atoms with Crippen LogP contribution in [0, 0.1) is 9.39 Å². The fraction of sp³-hybridized carbons (Fsp3) is 0.214. The Kier molecular flexibility index (Phi) is 9.59. The van der Waals surface area contributed by atoms with Gasteiger partial charge in [-0.05, 0) is 94.9 Å². The summed E-state index contributed by atoms with van der Waals surface area (Å²) in [6.07, 6.45) is 1.83. The van der Waals surface area contributed by atoms with Crippen LogP contribution in [0.2, 0.25) is 0 Å². The monoisotopic (exact) mass is 632 g/mol. The summed E-state index contributed by atoms with van der Waals surface area (Å²) in [6, 6.07) is 19.6. The fourth-order valence-electron chi connectivity index (χ4n) is 3.60. The van der Waals surface area contributed by atoms with Crippen LogP contribution in [-0.2, 0) is 16.1 Å². The Morgan fingerprint density at radius 1 is 1.11 bits per heavy atom. The molecule has 0 radical (unpaired) electrons. The van der Waals surface area contributed by atoms with Crippen LogP contribution in [0.15, 0.2) is 76.6 Å². The van der Waals surface area contributed by atoms with E-state index in [-0.39, 0.29) is 18.3 Å². The van der Waals surface area contributed by atoms with Gasteiger partial charge < -0.3 is 14.2 Å². The highest BCUT2D eigenvalue weighted by Crippen LogP contribution is 2.38. The van der Waals surface area contributed by atoms with E-state index in [1.807, 2.05) is 55.5 Å². The summed E-state index contributed by atoms with van der Waals surface area (Å²) in [6.45, 7) is 3.54. The second-order valence-corrected chi connectivity index (χ2v) is 10.1. The average molecular weight is 632 g/mol. The number of halogens is 2. The third kappa shape index (κ3) is 7.12. The number of thioether (sulfide) groups is 1. The van der Waals surface area contributed by atoms with Gasteiger partial charge in [-0.3, -0.25) is 9.69 Å². The molecule has 1 aliphatic rings. The standard InChI is InChI=1S/C28H26FIN2O4S/c1-3-35-13-12-32-27(33)25(37-28(32)31-22-10-5-4-6-11-22)17-20-15-23(30)26(24(16-20)34-2)36-18-19-8-7-9-21(29)14-19/h4-11,14-17H,3,12-13,18H2,1-2H3/b25-17-,31-28?. The van der Waals surface area contributed by atoms with Crippen molar-refractivity contribution in [3.8, 4) is 11.5 Å². The van der Waals surface area contributed by atoms with Gasteiger partial charge in [-0.2, -0.15) is 0 Å². The van der Waals surface area contributed by atoms with Crippen LogP contribution in [-0.4, -0.2) is 42.8 Å². The smallest absolute Gasteiger partial charge is 0.266 e. The summed E-state index contributed by atoms with van der Waals surface area (Å²) in [5.74, 6) is 0.648. The second-order valence-electron chi connectivity index (χ2n) is 7.95. The van der Waals surface area contributed by atoms with E-state index >= 15 is 0 Å². The quantitative estimate of drug-likeness (QED) is 0.142. The maximum absolute atomic E-state index is 13.5. The minimum atomic E-state index is -0.311.